The Labute approximate surface area is 218 Å². The van der Waals surface area contributed by atoms with Gasteiger partial charge in [-0.2, -0.15) is 0 Å². The van der Waals surface area contributed by atoms with Crippen LogP contribution in [0.1, 0.15) is 20.7 Å². The van der Waals surface area contributed by atoms with Crippen molar-refractivity contribution in [2.75, 3.05) is 4.90 Å². The predicted octanol–water partition coefficient (Wildman–Crippen LogP) is 7.80. The van der Waals surface area contributed by atoms with E-state index in [0.29, 0.717) is 28.2 Å². The fraction of sp³-hybridized carbons (Fsp3) is 0. The number of rotatable bonds is 3. The molecule has 0 unspecified atom stereocenters. The lowest BCUT2D eigenvalue weighted by molar-refractivity contribution is 0.0926. The van der Waals surface area contributed by atoms with Gasteiger partial charge in [-0.3, -0.25) is 9.59 Å². The molecule has 5 heteroatoms. The SMILES string of the molecule is [C-]#[N+]c1cccc2c3ccccc3n(-c3cccc4c3C(=O)N(c3cccc(-c5ccccc5)c3)C4=O)c12. The Bertz CT molecular complexity index is 1980. The number of amides is 2. The van der Waals surface area contributed by atoms with E-state index in [4.69, 9.17) is 6.57 Å². The highest BCUT2D eigenvalue weighted by molar-refractivity contribution is 6.36. The molecule has 1 aliphatic heterocycles. The Hall–Kier alpha value is -5.47. The van der Waals surface area contributed by atoms with Gasteiger partial charge < -0.3 is 4.57 Å². The topological polar surface area (TPSA) is 46.7 Å². The number of aromatic nitrogens is 1. The van der Waals surface area contributed by atoms with Gasteiger partial charge in [0.05, 0.1) is 40.1 Å². The van der Waals surface area contributed by atoms with Gasteiger partial charge in [-0.05, 0) is 46.8 Å². The van der Waals surface area contributed by atoms with E-state index in [-0.39, 0.29) is 11.8 Å². The molecule has 1 aromatic heterocycles. The first kappa shape index (κ1) is 21.8. The van der Waals surface area contributed by atoms with Crippen LogP contribution < -0.4 is 4.90 Å². The molecule has 38 heavy (non-hydrogen) atoms. The molecule has 0 spiro atoms. The molecule has 2 heterocycles. The van der Waals surface area contributed by atoms with Gasteiger partial charge in [0.15, 0.2) is 0 Å². The highest BCUT2D eigenvalue weighted by atomic mass is 16.2. The highest BCUT2D eigenvalue weighted by Gasteiger charge is 2.39. The standard InChI is InChI=1S/C33H19N3O2/c1-34-27-17-8-15-25-24-14-5-6-18-28(24)36(31(25)27)29-19-9-16-26-30(29)33(38)35(32(26)37)23-13-7-12-22(20-23)21-10-3-2-4-11-21/h2-20H. The minimum atomic E-state index is -0.378. The number of fused-ring (bicyclic) bond motifs is 4. The highest BCUT2D eigenvalue weighted by Crippen LogP contribution is 2.40. The Balaban J connectivity index is 1.45. The third-order valence-electron chi connectivity index (χ3n) is 7.14. The largest absolute Gasteiger partial charge is 0.318 e. The summed E-state index contributed by atoms with van der Waals surface area (Å²) in [6, 6.07) is 36.2. The molecule has 6 aromatic rings. The van der Waals surface area contributed by atoms with Crippen molar-refractivity contribution < 1.29 is 9.59 Å². The Kier molecular flexibility index (Phi) is 4.75. The summed E-state index contributed by atoms with van der Waals surface area (Å²) in [5.41, 5.74) is 5.80. The van der Waals surface area contributed by atoms with Gasteiger partial charge in [-0.15, -0.1) is 0 Å². The summed E-state index contributed by atoms with van der Waals surface area (Å²) < 4.78 is 1.95. The fourth-order valence-electron chi connectivity index (χ4n) is 5.48. The average molecular weight is 490 g/mol. The monoisotopic (exact) mass is 489 g/mol. The van der Waals surface area contributed by atoms with Crippen LogP contribution in [0, 0.1) is 6.57 Å². The van der Waals surface area contributed by atoms with Crippen LogP contribution in [-0.2, 0) is 0 Å². The van der Waals surface area contributed by atoms with E-state index in [1.54, 1.807) is 24.3 Å². The number of carbonyl (C=O) groups is 2. The lowest BCUT2D eigenvalue weighted by atomic mass is 10.0. The van der Waals surface area contributed by atoms with Crippen molar-refractivity contribution in [1.82, 2.24) is 4.57 Å². The molecule has 0 saturated carbocycles. The summed E-state index contributed by atoms with van der Waals surface area (Å²) in [5.74, 6) is -0.736. The molecule has 0 radical (unpaired) electrons. The van der Waals surface area contributed by atoms with Crippen molar-refractivity contribution in [3.63, 3.8) is 0 Å². The normalized spacial score (nSPS) is 12.8. The molecule has 5 nitrogen and oxygen atoms in total. The van der Waals surface area contributed by atoms with Crippen molar-refractivity contribution in [3.8, 4) is 16.8 Å². The van der Waals surface area contributed by atoms with Gasteiger partial charge in [-0.25, -0.2) is 9.74 Å². The van der Waals surface area contributed by atoms with Crippen LogP contribution in [0.15, 0.2) is 115 Å². The van der Waals surface area contributed by atoms with Crippen molar-refractivity contribution in [1.29, 1.82) is 0 Å². The maximum atomic E-state index is 14.0. The zero-order chi connectivity index (χ0) is 25.8. The third-order valence-corrected chi connectivity index (χ3v) is 7.14. The van der Waals surface area contributed by atoms with E-state index in [1.807, 2.05) is 95.6 Å². The third kappa shape index (κ3) is 3.04. The molecular formula is C33H19N3O2. The number of para-hydroxylation sites is 2. The molecule has 2 amide bonds. The zero-order valence-electron chi connectivity index (χ0n) is 20.1. The summed E-state index contributed by atoms with van der Waals surface area (Å²) in [6.45, 7) is 7.80. The van der Waals surface area contributed by atoms with Gasteiger partial charge in [0.1, 0.15) is 0 Å². The maximum Gasteiger partial charge on any atom is 0.268 e. The molecule has 178 valence electrons. The van der Waals surface area contributed by atoms with Crippen molar-refractivity contribution >= 4 is 45.0 Å². The van der Waals surface area contributed by atoms with E-state index >= 15 is 0 Å². The number of imide groups is 1. The summed E-state index contributed by atoms with van der Waals surface area (Å²) in [5, 5.41) is 1.91. The van der Waals surface area contributed by atoms with E-state index in [2.05, 4.69) is 4.85 Å². The van der Waals surface area contributed by atoms with E-state index in [9.17, 15) is 9.59 Å². The average Bonchev–Trinajstić information content (AvgIpc) is 3.45. The summed E-state index contributed by atoms with van der Waals surface area (Å²) >= 11 is 0. The predicted molar refractivity (Wildman–Crippen MR) is 150 cm³/mol. The van der Waals surface area contributed by atoms with Crippen LogP contribution in [0.3, 0.4) is 0 Å². The number of hydrogen-bond acceptors (Lipinski definition) is 2. The molecule has 0 saturated heterocycles. The first-order valence-corrected chi connectivity index (χ1v) is 12.2. The first-order chi connectivity index (χ1) is 18.7. The molecule has 0 atom stereocenters. The minimum Gasteiger partial charge on any atom is -0.318 e. The van der Waals surface area contributed by atoms with E-state index < -0.39 is 0 Å². The Morgan fingerprint density at radius 1 is 0.632 bits per heavy atom. The van der Waals surface area contributed by atoms with Crippen LogP contribution in [0.4, 0.5) is 11.4 Å². The van der Waals surface area contributed by atoms with E-state index in [0.717, 1.165) is 32.9 Å². The van der Waals surface area contributed by atoms with Gasteiger partial charge in [-0.1, -0.05) is 84.9 Å². The van der Waals surface area contributed by atoms with Gasteiger partial charge in [0, 0.05) is 5.39 Å². The lowest BCUT2D eigenvalue weighted by Gasteiger charge is -2.16. The van der Waals surface area contributed by atoms with Gasteiger partial charge >= 0.3 is 0 Å². The number of anilines is 1. The summed E-state index contributed by atoms with van der Waals surface area (Å²) in [6.07, 6.45) is 0. The van der Waals surface area contributed by atoms with Crippen LogP contribution in [0.5, 0.6) is 0 Å². The van der Waals surface area contributed by atoms with Gasteiger partial charge in [0.25, 0.3) is 11.8 Å². The van der Waals surface area contributed by atoms with Crippen LogP contribution >= 0.6 is 0 Å². The number of nitrogens with zero attached hydrogens (tertiary/aromatic N) is 3. The fourth-order valence-corrected chi connectivity index (χ4v) is 5.48. The molecule has 0 aliphatic carbocycles. The van der Waals surface area contributed by atoms with Crippen molar-refractivity contribution in [2.45, 2.75) is 0 Å². The maximum absolute atomic E-state index is 14.0. The molecule has 5 aromatic carbocycles. The first-order valence-electron chi connectivity index (χ1n) is 12.2. The van der Waals surface area contributed by atoms with Crippen molar-refractivity contribution in [2.24, 2.45) is 0 Å². The van der Waals surface area contributed by atoms with Gasteiger partial charge in [0.2, 0.25) is 5.69 Å². The molecule has 0 N–H and O–H groups in total. The number of benzene rings is 5. The summed E-state index contributed by atoms with van der Waals surface area (Å²) in [4.78, 5) is 32.7. The molecule has 0 fully saturated rings. The van der Waals surface area contributed by atoms with E-state index in [1.165, 1.54) is 4.90 Å². The Morgan fingerprint density at radius 3 is 2.18 bits per heavy atom. The lowest BCUT2D eigenvalue weighted by Crippen LogP contribution is -2.29. The molecule has 7 rings (SSSR count). The molecule has 0 bridgehead atoms. The second-order valence-corrected chi connectivity index (χ2v) is 9.20. The number of hydrogen-bond donors (Lipinski definition) is 0. The second kappa shape index (κ2) is 8.29. The van der Waals surface area contributed by atoms with Crippen LogP contribution in [-0.4, -0.2) is 16.4 Å². The van der Waals surface area contributed by atoms with Crippen molar-refractivity contribution in [3.05, 3.63) is 138 Å². The summed E-state index contributed by atoms with van der Waals surface area (Å²) in [7, 11) is 0. The zero-order valence-corrected chi connectivity index (χ0v) is 20.1. The quantitative estimate of drug-likeness (QED) is 0.188. The smallest absolute Gasteiger partial charge is 0.268 e. The number of carbonyl (C=O) groups excluding carboxylic acids is 2. The van der Waals surface area contributed by atoms with Crippen LogP contribution in [0.25, 0.3) is 43.5 Å². The molecule has 1 aliphatic rings. The second-order valence-electron chi connectivity index (χ2n) is 9.20. The minimum absolute atomic E-state index is 0.338. The Morgan fingerprint density at radius 2 is 1.34 bits per heavy atom. The molecular weight excluding hydrogens is 470 g/mol. The van der Waals surface area contributed by atoms with Crippen LogP contribution in [0.2, 0.25) is 0 Å².